The molecule has 1 fully saturated rings. The summed E-state index contributed by atoms with van der Waals surface area (Å²) >= 11 is 0. The largest absolute Gasteiger partial charge is 0.499 e. The Labute approximate surface area is 145 Å². The van der Waals surface area contributed by atoms with E-state index in [0.717, 1.165) is 12.1 Å². The summed E-state index contributed by atoms with van der Waals surface area (Å²) in [5, 5.41) is 13.1. The molecule has 24 heavy (non-hydrogen) atoms. The summed E-state index contributed by atoms with van der Waals surface area (Å²) in [4.78, 5) is 26.4. The third-order valence-electron chi connectivity index (χ3n) is 4.27. The average Bonchev–Trinajstić information content (AvgIpc) is 2.89. The van der Waals surface area contributed by atoms with E-state index in [2.05, 4.69) is 18.8 Å². The Kier molecular flexibility index (Phi) is 5.62. The molecule has 0 aromatic heterocycles. The van der Waals surface area contributed by atoms with E-state index < -0.39 is 17.4 Å². The van der Waals surface area contributed by atoms with E-state index >= 15 is 0 Å². The van der Waals surface area contributed by atoms with Crippen molar-refractivity contribution in [3.05, 3.63) is 48.4 Å². The van der Waals surface area contributed by atoms with Crippen molar-refractivity contribution in [3.63, 3.8) is 0 Å². The van der Waals surface area contributed by atoms with E-state index in [1.807, 2.05) is 18.2 Å². The Balaban J connectivity index is 0.00000312. The predicted octanol–water partition coefficient (Wildman–Crippen LogP) is 1.75. The Hall–Kier alpha value is -2.34. The highest BCUT2D eigenvalue weighted by atomic mass is 16.5. The van der Waals surface area contributed by atoms with Crippen LogP contribution >= 0.6 is 0 Å². The van der Waals surface area contributed by atoms with Gasteiger partial charge in [-0.15, -0.1) is 0 Å². The molecule has 2 unspecified atom stereocenters. The van der Waals surface area contributed by atoms with E-state index in [9.17, 15) is 14.7 Å². The number of methoxy groups -OCH3 is 1. The number of nitrogens with zero attached hydrogens (tertiary/aromatic N) is 1. The summed E-state index contributed by atoms with van der Waals surface area (Å²) in [7, 11) is 1.47. The minimum atomic E-state index is -2.04. The Morgan fingerprint density at radius 1 is 1.67 bits per heavy atom. The van der Waals surface area contributed by atoms with Gasteiger partial charge in [-0.25, -0.2) is 0 Å². The number of allylic oxidation sites excluding steroid dienone is 5. The molecule has 1 heterocycles. The van der Waals surface area contributed by atoms with Crippen molar-refractivity contribution >= 4 is 11.8 Å². The highest BCUT2D eigenvalue weighted by Crippen LogP contribution is 2.29. The first-order valence-corrected chi connectivity index (χ1v) is 7.99. The second-order valence-corrected chi connectivity index (χ2v) is 6.02. The number of ether oxygens (including phenoxy) is 1. The van der Waals surface area contributed by atoms with Gasteiger partial charge < -0.3 is 20.1 Å². The van der Waals surface area contributed by atoms with E-state index in [-0.39, 0.29) is 15.8 Å². The highest BCUT2D eigenvalue weighted by Gasteiger charge is 2.51. The Bertz CT molecular complexity index is 631. The standard InChI is InChI=1S/C18H24N2O4.2H2/c1-4-5-15(24-3)12-19-16(21)18(23)10-11-20(17(18)22)14-8-6-13(2)7-9-14;;/h4-6,8-9,13,23H,1,7,10-12H2,2-3H3,(H,19,21);2*1H/b15-5-;;. The number of carbonyl (C=O) groups is 2. The van der Waals surface area contributed by atoms with Crippen molar-refractivity contribution in [2.45, 2.75) is 25.4 Å². The van der Waals surface area contributed by atoms with Crippen LogP contribution in [0.5, 0.6) is 0 Å². The topological polar surface area (TPSA) is 78.9 Å². The third-order valence-corrected chi connectivity index (χ3v) is 4.27. The molecule has 2 rings (SSSR count). The van der Waals surface area contributed by atoms with Crippen LogP contribution in [0.4, 0.5) is 0 Å². The molecule has 1 aliphatic heterocycles. The summed E-state index contributed by atoms with van der Waals surface area (Å²) in [6.45, 7) is 6.03. The first kappa shape index (κ1) is 18.0. The third kappa shape index (κ3) is 3.59. The van der Waals surface area contributed by atoms with Gasteiger partial charge in [0.25, 0.3) is 11.8 Å². The number of carbonyl (C=O) groups excluding carboxylic acids is 2. The van der Waals surface area contributed by atoms with Crippen LogP contribution in [0.2, 0.25) is 0 Å². The van der Waals surface area contributed by atoms with Gasteiger partial charge in [0, 0.05) is 21.5 Å². The molecule has 0 saturated carbocycles. The molecule has 6 heteroatoms. The lowest BCUT2D eigenvalue weighted by molar-refractivity contribution is -0.153. The van der Waals surface area contributed by atoms with Crippen molar-refractivity contribution in [2.75, 3.05) is 20.2 Å². The number of likely N-dealkylation sites (tertiary alicyclic amines) is 1. The fourth-order valence-corrected chi connectivity index (χ4v) is 2.72. The summed E-state index contributed by atoms with van der Waals surface area (Å²) < 4.78 is 5.07. The van der Waals surface area contributed by atoms with Crippen LogP contribution < -0.4 is 5.32 Å². The van der Waals surface area contributed by atoms with Gasteiger partial charge in [-0.3, -0.25) is 9.59 Å². The van der Waals surface area contributed by atoms with Crippen LogP contribution in [0.15, 0.2) is 48.4 Å². The van der Waals surface area contributed by atoms with Gasteiger partial charge in [0.2, 0.25) is 5.60 Å². The fourth-order valence-electron chi connectivity index (χ4n) is 2.72. The minimum Gasteiger partial charge on any atom is -0.499 e. The predicted molar refractivity (Wildman–Crippen MR) is 94.8 cm³/mol. The zero-order valence-electron chi connectivity index (χ0n) is 14.1. The second-order valence-electron chi connectivity index (χ2n) is 6.02. The quantitative estimate of drug-likeness (QED) is 0.440. The van der Waals surface area contributed by atoms with E-state index in [1.54, 1.807) is 6.08 Å². The molecule has 2 N–H and O–H groups in total. The summed E-state index contributed by atoms with van der Waals surface area (Å²) in [5.74, 6) is -0.387. The second kappa shape index (κ2) is 7.49. The maximum atomic E-state index is 12.6. The number of amides is 2. The van der Waals surface area contributed by atoms with E-state index in [0.29, 0.717) is 18.2 Å². The van der Waals surface area contributed by atoms with Crippen molar-refractivity contribution < 1.29 is 22.3 Å². The van der Waals surface area contributed by atoms with Crippen molar-refractivity contribution in [3.8, 4) is 0 Å². The monoisotopic (exact) mass is 336 g/mol. The molecule has 134 valence electrons. The normalized spacial score (nSPS) is 27.0. The maximum Gasteiger partial charge on any atom is 0.268 e. The molecule has 0 spiro atoms. The first-order chi connectivity index (χ1) is 11.4. The van der Waals surface area contributed by atoms with Crippen molar-refractivity contribution in [1.29, 1.82) is 0 Å². The van der Waals surface area contributed by atoms with Crippen LogP contribution in [0, 0.1) is 5.92 Å². The zero-order valence-corrected chi connectivity index (χ0v) is 14.1. The van der Waals surface area contributed by atoms with Gasteiger partial charge in [-0.2, -0.15) is 0 Å². The number of nitrogens with one attached hydrogen (secondary N) is 1. The van der Waals surface area contributed by atoms with Crippen LogP contribution in [0.3, 0.4) is 0 Å². The molecule has 0 radical (unpaired) electrons. The lowest BCUT2D eigenvalue weighted by Crippen LogP contribution is -2.52. The molecule has 0 aromatic rings. The van der Waals surface area contributed by atoms with E-state index in [4.69, 9.17) is 4.74 Å². The lowest BCUT2D eigenvalue weighted by Gasteiger charge is -2.24. The Morgan fingerprint density at radius 2 is 2.42 bits per heavy atom. The first-order valence-electron chi connectivity index (χ1n) is 7.99. The number of rotatable bonds is 6. The summed E-state index contributed by atoms with van der Waals surface area (Å²) in [6.07, 6.45) is 9.88. The molecule has 0 bridgehead atoms. The SMILES string of the molecule is C=C/C=C(/CNC(=O)C1(O)CCN(C2=CCC(C)C=C2)C1=O)OC.[HH].[HH]. The zero-order chi connectivity index (χ0) is 17.7. The van der Waals surface area contributed by atoms with Crippen LogP contribution in [0.1, 0.15) is 22.6 Å². The van der Waals surface area contributed by atoms with Gasteiger partial charge in [-0.05, 0) is 24.5 Å². The summed E-state index contributed by atoms with van der Waals surface area (Å²) in [5.41, 5.74) is -1.30. The van der Waals surface area contributed by atoms with Crippen LogP contribution in [-0.2, 0) is 14.3 Å². The lowest BCUT2D eigenvalue weighted by atomic mass is 10.00. The Morgan fingerprint density at radius 3 is 3.00 bits per heavy atom. The van der Waals surface area contributed by atoms with Crippen molar-refractivity contribution in [1.82, 2.24) is 10.2 Å². The van der Waals surface area contributed by atoms with Crippen LogP contribution in [0.25, 0.3) is 0 Å². The molecule has 2 aliphatic rings. The number of hydrogen-bond donors (Lipinski definition) is 2. The maximum absolute atomic E-state index is 12.6. The van der Waals surface area contributed by atoms with Gasteiger partial charge in [0.1, 0.15) is 5.76 Å². The molecule has 0 aromatic carbocycles. The van der Waals surface area contributed by atoms with Gasteiger partial charge in [0.15, 0.2) is 0 Å². The summed E-state index contributed by atoms with van der Waals surface area (Å²) in [6, 6.07) is 0. The molecule has 2 amide bonds. The number of hydrogen-bond acceptors (Lipinski definition) is 4. The van der Waals surface area contributed by atoms with Gasteiger partial charge in [0.05, 0.1) is 13.7 Å². The number of aliphatic hydroxyl groups is 1. The molecule has 2 atom stereocenters. The fraction of sp³-hybridized carbons (Fsp3) is 0.444. The van der Waals surface area contributed by atoms with Crippen molar-refractivity contribution in [2.24, 2.45) is 5.92 Å². The van der Waals surface area contributed by atoms with Gasteiger partial charge in [-0.1, -0.05) is 31.7 Å². The smallest absolute Gasteiger partial charge is 0.268 e. The van der Waals surface area contributed by atoms with Gasteiger partial charge >= 0.3 is 0 Å². The average molecular weight is 336 g/mol. The van der Waals surface area contributed by atoms with Crippen LogP contribution in [-0.4, -0.2) is 47.6 Å². The molecular weight excluding hydrogens is 308 g/mol. The molecular formula is C18H28N2O4. The van der Waals surface area contributed by atoms with E-state index in [1.165, 1.54) is 18.1 Å². The molecule has 6 nitrogen and oxygen atoms in total. The molecule has 1 aliphatic carbocycles. The molecule has 1 saturated heterocycles. The highest BCUT2D eigenvalue weighted by molar-refractivity contribution is 6.10. The minimum absolute atomic E-state index is 0.